The highest BCUT2D eigenvalue weighted by Crippen LogP contribution is 2.50. The number of nitrogens with zero attached hydrogens (tertiary/aromatic N) is 3. The molecular formula is C24H31N3O4. The fraction of sp³-hybridized carbons (Fsp3) is 0.625. The van der Waals surface area contributed by atoms with Crippen LogP contribution in [0.5, 0.6) is 5.75 Å². The van der Waals surface area contributed by atoms with Gasteiger partial charge in [-0.1, -0.05) is 31.4 Å². The van der Waals surface area contributed by atoms with E-state index in [2.05, 4.69) is 0 Å². The number of amides is 4. The summed E-state index contributed by atoms with van der Waals surface area (Å²) < 4.78 is 5.25. The number of hydrogen-bond donors (Lipinski definition) is 0. The fourth-order valence-corrected chi connectivity index (χ4v) is 5.64. The van der Waals surface area contributed by atoms with Gasteiger partial charge in [0.25, 0.3) is 5.91 Å². The van der Waals surface area contributed by atoms with Crippen LogP contribution in [-0.2, 0) is 15.0 Å². The Balaban J connectivity index is 1.34. The molecule has 2 saturated heterocycles. The van der Waals surface area contributed by atoms with Crippen molar-refractivity contribution >= 4 is 17.8 Å². The molecule has 0 N–H and O–H groups in total. The van der Waals surface area contributed by atoms with Crippen molar-refractivity contribution in [1.29, 1.82) is 0 Å². The number of hydrogen-bond acceptors (Lipinski definition) is 4. The quantitative estimate of drug-likeness (QED) is 0.696. The lowest BCUT2D eigenvalue weighted by Crippen LogP contribution is -2.47. The molecule has 166 valence electrons. The van der Waals surface area contributed by atoms with E-state index in [-0.39, 0.29) is 23.9 Å². The Morgan fingerprint density at radius 3 is 2.35 bits per heavy atom. The largest absolute Gasteiger partial charge is 0.497 e. The number of rotatable bonds is 4. The minimum atomic E-state index is -0.535. The van der Waals surface area contributed by atoms with Crippen molar-refractivity contribution in [1.82, 2.24) is 14.7 Å². The van der Waals surface area contributed by atoms with Gasteiger partial charge in [0.15, 0.2) is 0 Å². The SMILES string of the molecule is COc1ccc(C2(C(=O)N3CCCN4C(=O)N(C5CCCCC5)C(=O)C4C3)CC2)cc1. The second kappa shape index (κ2) is 7.84. The van der Waals surface area contributed by atoms with Crippen LogP contribution < -0.4 is 4.74 Å². The van der Waals surface area contributed by atoms with Gasteiger partial charge in [-0.05, 0) is 49.8 Å². The van der Waals surface area contributed by atoms with Gasteiger partial charge in [-0.2, -0.15) is 0 Å². The first-order chi connectivity index (χ1) is 15.0. The summed E-state index contributed by atoms with van der Waals surface area (Å²) in [5, 5.41) is 0. The topological polar surface area (TPSA) is 70.2 Å². The molecule has 7 heteroatoms. The molecule has 31 heavy (non-hydrogen) atoms. The van der Waals surface area contributed by atoms with Crippen LogP contribution in [0.1, 0.15) is 56.9 Å². The van der Waals surface area contributed by atoms with E-state index in [0.29, 0.717) is 26.1 Å². The molecule has 2 aliphatic heterocycles. The standard InChI is InChI=1S/C24H31N3O4/c1-31-19-10-8-17(9-11-19)24(12-13-24)22(29)25-14-5-15-26-20(16-25)21(28)27(23(26)30)18-6-3-2-4-7-18/h8-11,18,20H,2-7,12-16H2,1H3. The highest BCUT2D eigenvalue weighted by Gasteiger charge is 2.55. The molecule has 1 atom stereocenters. The van der Waals surface area contributed by atoms with Crippen molar-refractivity contribution in [2.45, 2.75) is 68.9 Å². The molecule has 2 saturated carbocycles. The number of carbonyl (C=O) groups excluding carboxylic acids is 3. The molecule has 0 spiro atoms. The Hall–Kier alpha value is -2.57. The second-order valence-corrected chi connectivity index (χ2v) is 9.41. The van der Waals surface area contributed by atoms with Gasteiger partial charge in [0.2, 0.25) is 5.91 Å². The lowest BCUT2D eigenvalue weighted by atomic mass is 9.93. The number of urea groups is 1. The van der Waals surface area contributed by atoms with E-state index in [4.69, 9.17) is 4.74 Å². The fourth-order valence-electron chi connectivity index (χ4n) is 5.64. The Labute approximate surface area is 183 Å². The first-order valence-electron chi connectivity index (χ1n) is 11.6. The third-order valence-electron chi connectivity index (χ3n) is 7.60. The molecule has 5 rings (SSSR count). The molecule has 7 nitrogen and oxygen atoms in total. The van der Waals surface area contributed by atoms with Gasteiger partial charge < -0.3 is 14.5 Å². The van der Waals surface area contributed by atoms with Crippen LogP contribution >= 0.6 is 0 Å². The van der Waals surface area contributed by atoms with Crippen LogP contribution in [0.4, 0.5) is 4.79 Å². The van der Waals surface area contributed by atoms with Crippen molar-refractivity contribution < 1.29 is 19.1 Å². The van der Waals surface area contributed by atoms with Crippen molar-refractivity contribution in [3.05, 3.63) is 29.8 Å². The van der Waals surface area contributed by atoms with Gasteiger partial charge in [0, 0.05) is 19.1 Å². The zero-order chi connectivity index (χ0) is 21.6. The van der Waals surface area contributed by atoms with Crippen LogP contribution in [0, 0.1) is 0 Å². The molecule has 0 radical (unpaired) electrons. The predicted octanol–water partition coefficient (Wildman–Crippen LogP) is 2.92. The van der Waals surface area contributed by atoms with Gasteiger partial charge in [-0.25, -0.2) is 4.79 Å². The number of benzene rings is 1. The molecule has 4 amide bonds. The Morgan fingerprint density at radius 1 is 1.00 bits per heavy atom. The summed E-state index contributed by atoms with van der Waals surface area (Å²) in [7, 11) is 1.63. The Kier molecular flexibility index (Phi) is 5.15. The summed E-state index contributed by atoms with van der Waals surface area (Å²) in [6.45, 7) is 1.44. The van der Waals surface area contributed by atoms with Crippen LogP contribution in [0.3, 0.4) is 0 Å². The number of fused-ring (bicyclic) bond motifs is 1. The zero-order valence-electron chi connectivity index (χ0n) is 18.2. The summed E-state index contributed by atoms with van der Waals surface area (Å²) in [4.78, 5) is 45.1. The highest BCUT2D eigenvalue weighted by molar-refractivity contribution is 6.05. The van der Waals surface area contributed by atoms with Gasteiger partial charge in [-0.3, -0.25) is 14.5 Å². The van der Waals surface area contributed by atoms with E-state index in [9.17, 15) is 14.4 Å². The molecule has 1 unspecified atom stereocenters. The average molecular weight is 426 g/mol. The monoisotopic (exact) mass is 425 g/mol. The smallest absolute Gasteiger partial charge is 0.327 e. The van der Waals surface area contributed by atoms with Crippen LogP contribution in [0.25, 0.3) is 0 Å². The maximum Gasteiger partial charge on any atom is 0.327 e. The van der Waals surface area contributed by atoms with Gasteiger partial charge >= 0.3 is 6.03 Å². The van der Waals surface area contributed by atoms with E-state index in [0.717, 1.165) is 49.8 Å². The lowest BCUT2D eigenvalue weighted by molar-refractivity contribution is -0.136. The second-order valence-electron chi connectivity index (χ2n) is 9.41. The Morgan fingerprint density at radius 2 is 1.71 bits per heavy atom. The van der Waals surface area contributed by atoms with E-state index >= 15 is 0 Å². The van der Waals surface area contributed by atoms with E-state index in [1.54, 1.807) is 12.0 Å². The lowest BCUT2D eigenvalue weighted by Gasteiger charge is -2.30. The van der Waals surface area contributed by atoms with Crippen LogP contribution in [0.15, 0.2) is 24.3 Å². The number of imide groups is 1. The van der Waals surface area contributed by atoms with Crippen LogP contribution in [0.2, 0.25) is 0 Å². The predicted molar refractivity (Wildman–Crippen MR) is 115 cm³/mol. The molecule has 4 aliphatic rings. The number of carbonyl (C=O) groups is 3. The van der Waals surface area contributed by atoms with E-state index in [1.807, 2.05) is 29.2 Å². The first-order valence-corrected chi connectivity index (χ1v) is 11.6. The number of ether oxygens (including phenoxy) is 1. The molecule has 1 aromatic rings. The third-order valence-corrected chi connectivity index (χ3v) is 7.60. The summed E-state index contributed by atoms with van der Waals surface area (Å²) in [5.41, 5.74) is 0.521. The minimum Gasteiger partial charge on any atom is -0.497 e. The summed E-state index contributed by atoms with van der Waals surface area (Å²) in [6.07, 6.45) is 7.48. The van der Waals surface area contributed by atoms with E-state index in [1.165, 1.54) is 11.3 Å². The molecule has 2 heterocycles. The third kappa shape index (κ3) is 3.38. The maximum atomic E-state index is 13.6. The van der Waals surface area contributed by atoms with E-state index < -0.39 is 11.5 Å². The average Bonchev–Trinajstić information content (AvgIpc) is 3.60. The molecule has 1 aromatic carbocycles. The zero-order valence-corrected chi connectivity index (χ0v) is 18.2. The summed E-state index contributed by atoms with van der Waals surface area (Å²) in [6, 6.07) is 7.09. The molecule has 2 aliphatic carbocycles. The van der Waals surface area contributed by atoms with Crippen molar-refractivity contribution in [3.63, 3.8) is 0 Å². The molecule has 0 bridgehead atoms. The minimum absolute atomic E-state index is 0.0268. The molecule has 4 fully saturated rings. The maximum absolute atomic E-state index is 13.6. The van der Waals surface area contributed by atoms with Crippen LogP contribution in [-0.4, -0.2) is 71.4 Å². The first kappa shape index (κ1) is 20.3. The van der Waals surface area contributed by atoms with Gasteiger partial charge in [-0.15, -0.1) is 0 Å². The molecule has 0 aromatic heterocycles. The van der Waals surface area contributed by atoms with Crippen molar-refractivity contribution in [3.8, 4) is 5.75 Å². The van der Waals surface area contributed by atoms with Gasteiger partial charge in [0.05, 0.1) is 19.1 Å². The van der Waals surface area contributed by atoms with Crippen molar-refractivity contribution in [2.24, 2.45) is 0 Å². The number of methoxy groups -OCH3 is 1. The Bertz CT molecular complexity index is 873. The van der Waals surface area contributed by atoms with Gasteiger partial charge in [0.1, 0.15) is 11.8 Å². The van der Waals surface area contributed by atoms with Crippen molar-refractivity contribution in [2.75, 3.05) is 26.7 Å². The summed E-state index contributed by atoms with van der Waals surface area (Å²) >= 11 is 0. The normalized spacial score (nSPS) is 26.0. The summed E-state index contributed by atoms with van der Waals surface area (Å²) in [5.74, 6) is 0.761. The highest BCUT2D eigenvalue weighted by atomic mass is 16.5. The molecular weight excluding hydrogens is 394 g/mol.